The van der Waals surface area contributed by atoms with Crippen molar-refractivity contribution in [2.45, 2.75) is 13.8 Å². The molecule has 2 heterocycles. The molecule has 3 rings (SSSR count). The van der Waals surface area contributed by atoms with Gasteiger partial charge in [0.25, 0.3) is 5.91 Å². The second kappa shape index (κ2) is 5.92. The van der Waals surface area contributed by atoms with Gasteiger partial charge in [-0.1, -0.05) is 0 Å². The van der Waals surface area contributed by atoms with Crippen LogP contribution in [-0.4, -0.2) is 26.6 Å². The van der Waals surface area contributed by atoms with Gasteiger partial charge in [-0.05, 0) is 61.4 Å². The van der Waals surface area contributed by atoms with Gasteiger partial charge in [-0.15, -0.1) is 0 Å². The minimum Gasteiger partial charge on any atom is -0.508 e. The summed E-state index contributed by atoms with van der Waals surface area (Å²) in [5, 5.41) is 13.2. The third-order valence-corrected chi connectivity index (χ3v) is 3.44. The van der Waals surface area contributed by atoms with Gasteiger partial charge in [0, 0.05) is 6.20 Å². The van der Waals surface area contributed by atoms with E-state index < -0.39 is 0 Å². The third-order valence-electron chi connectivity index (χ3n) is 3.44. The van der Waals surface area contributed by atoms with Gasteiger partial charge in [-0.2, -0.15) is 5.10 Å². The number of benzene rings is 1. The van der Waals surface area contributed by atoms with Crippen molar-refractivity contribution in [3.05, 3.63) is 65.1 Å². The lowest BCUT2D eigenvalue weighted by atomic mass is 10.2. The molecule has 1 amide bonds. The van der Waals surface area contributed by atoms with Crippen molar-refractivity contribution in [3.63, 3.8) is 0 Å². The summed E-state index contributed by atoms with van der Waals surface area (Å²) in [4.78, 5) is 16.7. The maximum Gasteiger partial charge on any atom is 0.290 e. The molecule has 0 bridgehead atoms. The molecule has 0 aliphatic rings. The molecule has 1 aromatic carbocycles. The predicted octanol–water partition coefficient (Wildman–Crippen LogP) is 2.42. The molecule has 0 radical (unpaired) electrons. The van der Waals surface area contributed by atoms with Gasteiger partial charge >= 0.3 is 0 Å². The second-order valence-corrected chi connectivity index (χ2v) is 5.27. The fourth-order valence-corrected chi connectivity index (χ4v) is 2.32. The van der Waals surface area contributed by atoms with Gasteiger partial charge in [-0.25, -0.2) is 10.4 Å². The standard InChI is InChI=1S/C17H16N4O2/c1-11-7-8-21-15(9-11)19-12(2)16(21)17(23)20-18-10-13-3-5-14(22)6-4-13/h3-10,22H,1-2H3,(H,20,23)/b18-10-. The topological polar surface area (TPSA) is 79.0 Å². The number of fused-ring (bicyclic) bond motifs is 1. The van der Waals surface area contributed by atoms with Crippen molar-refractivity contribution in [2.24, 2.45) is 5.10 Å². The Hall–Kier alpha value is -3.15. The number of aromatic hydroxyl groups is 1. The van der Waals surface area contributed by atoms with Gasteiger partial charge in [0.05, 0.1) is 11.9 Å². The zero-order chi connectivity index (χ0) is 16.4. The first-order valence-electron chi connectivity index (χ1n) is 7.12. The molecule has 0 atom stereocenters. The Bertz CT molecular complexity index is 895. The maximum atomic E-state index is 12.3. The first-order valence-corrected chi connectivity index (χ1v) is 7.12. The Morgan fingerprint density at radius 1 is 1.26 bits per heavy atom. The molecule has 0 fully saturated rings. The van der Waals surface area contributed by atoms with Crippen LogP contribution in [0.5, 0.6) is 5.75 Å². The van der Waals surface area contributed by atoms with E-state index in [1.165, 1.54) is 6.21 Å². The lowest BCUT2D eigenvalue weighted by Crippen LogP contribution is -2.20. The first-order chi connectivity index (χ1) is 11.0. The zero-order valence-corrected chi connectivity index (χ0v) is 12.8. The Morgan fingerprint density at radius 3 is 2.74 bits per heavy atom. The number of nitrogens with one attached hydrogen (secondary N) is 1. The summed E-state index contributed by atoms with van der Waals surface area (Å²) in [5.41, 5.74) is 6.20. The first kappa shape index (κ1) is 14.8. The second-order valence-electron chi connectivity index (χ2n) is 5.27. The van der Waals surface area contributed by atoms with Crippen LogP contribution < -0.4 is 5.43 Å². The molecule has 0 unspecified atom stereocenters. The minimum absolute atomic E-state index is 0.183. The van der Waals surface area contributed by atoms with E-state index in [0.717, 1.165) is 16.8 Å². The summed E-state index contributed by atoms with van der Waals surface area (Å²) >= 11 is 0. The predicted molar refractivity (Wildman–Crippen MR) is 87.8 cm³/mol. The van der Waals surface area contributed by atoms with Gasteiger partial charge < -0.3 is 5.11 Å². The van der Waals surface area contributed by atoms with Crippen LogP contribution in [0, 0.1) is 13.8 Å². The molecule has 6 nitrogen and oxygen atoms in total. The van der Waals surface area contributed by atoms with E-state index in [1.807, 2.05) is 25.3 Å². The molecule has 116 valence electrons. The number of carbonyl (C=O) groups excluding carboxylic acids is 1. The van der Waals surface area contributed by atoms with Crippen LogP contribution in [0.4, 0.5) is 0 Å². The number of phenolic OH excluding ortho intramolecular Hbond substituents is 1. The summed E-state index contributed by atoms with van der Waals surface area (Å²) in [6.07, 6.45) is 3.34. The van der Waals surface area contributed by atoms with Crippen LogP contribution in [0.25, 0.3) is 5.65 Å². The molecule has 6 heteroatoms. The number of hydrogen-bond donors (Lipinski definition) is 2. The molecule has 3 aromatic rings. The molecule has 0 saturated carbocycles. The highest BCUT2D eigenvalue weighted by Gasteiger charge is 2.15. The van der Waals surface area contributed by atoms with Crippen molar-refractivity contribution >= 4 is 17.8 Å². The molecule has 0 spiro atoms. The number of aromatic nitrogens is 2. The summed E-state index contributed by atoms with van der Waals surface area (Å²) < 4.78 is 1.74. The van der Waals surface area contributed by atoms with Crippen LogP contribution in [0.1, 0.15) is 27.3 Å². The average molecular weight is 308 g/mol. The quantitative estimate of drug-likeness (QED) is 0.576. The Labute approximate surface area is 133 Å². The largest absolute Gasteiger partial charge is 0.508 e. The lowest BCUT2D eigenvalue weighted by molar-refractivity contribution is 0.0948. The number of nitrogens with zero attached hydrogens (tertiary/aromatic N) is 3. The Morgan fingerprint density at radius 2 is 2.00 bits per heavy atom. The maximum absolute atomic E-state index is 12.3. The van der Waals surface area contributed by atoms with Crippen LogP contribution in [0.15, 0.2) is 47.7 Å². The Balaban J connectivity index is 1.81. The summed E-state index contributed by atoms with van der Waals surface area (Å²) in [6, 6.07) is 10.4. The Kier molecular flexibility index (Phi) is 3.80. The van der Waals surface area contributed by atoms with E-state index >= 15 is 0 Å². The van der Waals surface area contributed by atoms with Crippen molar-refractivity contribution in [1.29, 1.82) is 0 Å². The summed E-state index contributed by atoms with van der Waals surface area (Å²) in [6.45, 7) is 3.77. The molecule has 2 aromatic heterocycles. The van der Waals surface area contributed by atoms with Crippen LogP contribution in [-0.2, 0) is 0 Å². The molecule has 0 aliphatic carbocycles. The van der Waals surface area contributed by atoms with Crippen molar-refractivity contribution in [1.82, 2.24) is 14.8 Å². The molecule has 2 N–H and O–H groups in total. The highest BCUT2D eigenvalue weighted by Crippen LogP contribution is 2.13. The highest BCUT2D eigenvalue weighted by atomic mass is 16.3. The number of carbonyl (C=O) groups is 1. The van der Waals surface area contributed by atoms with E-state index in [4.69, 9.17) is 0 Å². The zero-order valence-electron chi connectivity index (χ0n) is 12.8. The number of hydrazone groups is 1. The highest BCUT2D eigenvalue weighted by molar-refractivity contribution is 5.95. The normalized spacial score (nSPS) is 11.2. The molecular weight excluding hydrogens is 292 g/mol. The van der Waals surface area contributed by atoms with E-state index in [9.17, 15) is 9.90 Å². The molecule has 0 aliphatic heterocycles. The third kappa shape index (κ3) is 3.06. The number of amides is 1. The molecule has 23 heavy (non-hydrogen) atoms. The van der Waals surface area contributed by atoms with Crippen LogP contribution >= 0.6 is 0 Å². The van der Waals surface area contributed by atoms with Crippen molar-refractivity contribution in [2.75, 3.05) is 0 Å². The average Bonchev–Trinajstić information content (AvgIpc) is 2.84. The number of hydrogen-bond acceptors (Lipinski definition) is 4. The van der Waals surface area contributed by atoms with E-state index in [0.29, 0.717) is 11.4 Å². The number of phenols is 1. The van der Waals surface area contributed by atoms with Crippen LogP contribution in [0.2, 0.25) is 0 Å². The van der Waals surface area contributed by atoms with E-state index in [1.54, 1.807) is 35.6 Å². The van der Waals surface area contributed by atoms with Gasteiger partial charge in [0.15, 0.2) is 0 Å². The minimum atomic E-state index is -0.325. The number of pyridine rings is 1. The fourth-order valence-electron chi connectivity index (χ4n) is 2.32. The SMILES string of the molecule is Cc1ccn2c(C(=O)N/N=C\c3ccc(O)cc3)c(C)nc2c1. The van der Waals surface area contributed by atoms with Gasteiger partial charge in [0.1, 0.15) is 17.1 Å². The fraction of sp³-hybridized carbons (Fsp3) is 0.118. The monoisotopic (exact) mass is 308 g/mol. The van der Waals surface area contributed by atoms with Gasteiger partial charge in [0.2, 0.25) is 0 Å². The van der Waals surface area contributed by atoms with E-state index in [2.05, 4.69) is 15.5 Å². The molecule has 0 saturated heterocycles. The van der Waals surface area contributed by atoms with Crippen molar-refractivity contribution in [3.8, 4) is 5.75 Å². The lowest BCUT2D eigenvalue weighted by Gasteiger charge is -2.02. The van der Waals surface area contributed by atoms with Crippen molar-refractivity contribution < 1.29 is 9.90 Å². The molecular formula is C17H16N4O2. The van der Waals surface area contributed by atoms with E-state index in [-0.39, 0.29) is 11.7 Å². The number of aryl methyl sites for hydroxylation is 2. The summed E-state index contributed by atoms with van der Waals surface area (Å²) in [5.74, 6) is -0.142. The summed E-state index contributed by atoms with van der Waals surface area (Å²) in [7, 11) is 0. The smallest absolute Gasteiger partial charge is 0.290 e. The van der Waals surface area contributed by atoms with Crippen LogP contribution in [0.3, 0.4) is 0 Å². The number of imidazole rings is 1. The van der Waals surface area contributed by atoms with Gasteiger partial charge in [-0.3, -0.25) is 9.20 Å². The number of rotatable bonds is 3.